The number of imidazole rings is 1. The lowest BCUT2D eigenvalue weighted by Crippen LogP contribution is -1.96. The number of nitrogens with one attached hydrogen (secondary N) is 1. The number of aromatic nitrogens is 2. The molecule has 0 aliphatic rings. The Morgan fingerprint density at radius 1 is 1.20 bits per heavy atom. The molecule has 0 radical (unpaired) electrons. The van der Waals surface area contributed by atoms with Gasteiger partial charge in [0.2, 0.25) is 0 Å². The molecule has 0 fully saturated rings. The topological polar surface area (TPSA) is 62.8 Å². The van der Waals surface area contributed by atoms with Crippen LogP contribution in [0.1, 0.15) is 0 Å². The van der Waals surface area contributed by atoms with Crippen LogP contribution in [0.3, 0.4) is 0 Å². The van der Waals surface area contributed by atoms with E-state index in [0.717, 1.165) is 11.8 Å². The van der Waals surface area contributed by atoms with E-state index < -0.39 is 9.84 Å². The number of rotatable bonds is 2. The molecular formula is C10H10N2O2S. The maximum absolute atomic E-state index is 11.2. The third kappa shape index (κ3) is 2.07. The summed E-state index contributed by atoms with van der Waals surface area (Å²) in [6.45, 7) is 0. The molecule has 4 nitrogen and oxygen atoms in total. The van der Waals surface area contributed by atoms with Crippen molar-refractivity contribution in [2.45, 2.75) is 5.03 Å². The molecule has 1 heterocycles. The molecule has 2 rings (SSSR count). The number of hydrogen-bond donors (Lipinski definition) is 1. The lowest BCUT2D eigenvalue weighted by Gasteiger charge is -1.94. The Balaban J connectivity index is 2.46. The van der Waals surface area contributed by atoms with E-state index >= 15 is 0 Å². The van der Waals surface area contributed by atoms with Crippen LogP contribution in [0.2, 0.25) is 0 Å². The Bertz CT molecular complexity index is 558. The predicted octanol–water partition coefficient (Wildman–Crippen LogP) is 1.48. The van der Waals surface area contributed by atoms with Gasteiger partial charge in [-0.25, -0.2) is 13.4 Å². The molecule has 0 aliphatic carbocycles. The summed E-state index contributed by atoms with van der Waals surface area (Å²) in [5.41, 5.74) is 0.868. The fourth-order valence-corrected chi connectivity index (χ4v) is 1.76. The number of aromatic amines is 1. The van der Waals surface area contributed by atoms with Gasteiger partial charge in [0.1, 0.15) is 5.82 Å². The van der Waals surface area contributed by atoms with E-state index in [1.54, 1.807) is 0 Å². The number of nitrogens with zero attached hydrogens (tertiary/aromatic N) is 1. The van der Waals surface area contributed by atoms with E-state index in [0.29, 0.717) is 5.82 Å². The van der Waals surface area contributed by atoms with E-state index in [1.807, 2.05) is 30.3 Å². The van der Waals surface area contributed by atoms with Crippen molar-refractivity contribution in [1.29, 1.82) is 0 Å². The molecule has 78 valence electrons. The largest absolute Gasteiger partial charge is 0.329 e. The molecule has 0 atom stereocenters. The maximum atomic E-state index is 11.2. The van der Waals surface area contributed by atoms with Crippen molar-refractivity contribution in [3.05, 3.63) is 36.5 Å². The van der Waals surface area contributed by atoms with Crippen molar-refractivity contribution in [2.24, 2.45) is 0 Å². The molecule has 0 saturated carbocycles. The van der Waals surface area contributed by atoms with E-state index in [2.05, 4.69) is 9.97 Å². The Labute approximate surface area is 87.9 Å². The average Bonchev–Trinajstić information content (AvgIpc) is 2.67. The first-order valence-corrected chi connectivity index (χ1v) is 6.27. The Morgan fingerprint density at radius 3 is 2.40 bits per heavy atom. The van der Waals surface area contributed by atoms with Gasteiger partial charge < -0.3 is 4.98 Å². The quantitative estimate of drug-likeness (QED) is 0.837. The number of sulfone groups is 1. The van der Waals surface area contributed by atoms with Gasteiger partial charge in [0.25, 0.3) is 0 Å². The fourth-order valence-electron chi connectivity index (χ4n) is 1.24. The van der Waals surface area contributed by atoms with Crippen molar-refractivity contribution < 1.29 is 8.42 Å². The molecular weight excluding hydrogens is 212 g/mol. The smallest absolute Gasteiger partial charge is 0.192 e. The van der Waals surface area contributed by atoms with Crippen LogP contribution >= 0.6 is 0 Å². The number of benzene rings is 1. The minimum absolute atomic E-state index is 0.140. The second-order valence-corrected chi connectivity index (χ2v) is 5.22. The Kier molecular flexibility index (Phi) is 2.32. The van der Waals surface area contributed by atoms with Gasteiger partial charge in [-0.15, -0.1) is 0 Å². The van der Waals surface area contributed by atoms with Gasteiger partial charge >= 0.3 is 0 Å². The van der Waals surface area contributed by atoms with Crippen molar-refractivity contribution in [3.63, 3.8) is 0 Å². The van der Waals surface area contributed by atoms with Crippen LogP contribution in [0.25, 0.3) is 11.4 Å². The summed E-state index contributed by atoms with van der Waals surface area (Å²) in [5, 5.41) is 0.140. The molecule has 0 unspecified atom stereocenters. The van der Waals surface area contributed by atoms with Crippen molar-refractivity contribution in [3.8, 4) is 11.4 Å². The molecule has 0 spiro atoms. The van der Waals surface area contributed by atoms with Crippen LogP contribution in [-0.2, 0) is 9.84 Å². The third-order valence-corrected chi connectivity index (χ3v) is 3.01. The first kappa shape index (κ1) is 9.92. The van der Waals surface area contributed by atoms with Gasteiger partial charge in [0.05, 0.1) is 6.20 Å². The molecule has 5 heteroatoms. The molecule has 0 saturated heterocycles. The molecule has 1 aromatic carbocycles. The summed E-state index contributed by atoms with van der Waals surface area (Å²) in [7, 11) is -3.21. The SMILES string of the molecule is CS(=O)(=O)c1cnc(-c2ccccc2)[nH]1. The van der Waals surface area contributed by atoms with Gasteiger partial charge in [0.15, 0.2) is 14.9 Å². The van der Waals surface area contributed by atoms with Gasteiger partial charge in [0, 0.05) is 11.8 Å². The van der Waals surface area contributed by atoms with Crippen LogP contribution < -0.4 is 0 Å². The van der Waals surface area contributed by atoms with Crippen LogP contribution in [0, 0.1) is 0 Å². The van der Waals surface area contributed by atoms with E-state index in [4.69, 9.17) is 0 Å². The monoisotopic (exact) mass is 222 g/mol. The Morgan fingerprint density at radius 2 is 1.87 bits per heavy atom. The molecule has 15 heavy (non-hydrogen) atoms. The first-order valence-electron chi connectivity index (χ1n) is 4.38. The normalized spacial score (nSPS) is 11.5. The summed E-state index contributed by atoms with van der Waals surface area (Å²) in [6.07, 6.45) is 2.48. The standard InChI is InChI=1S/C10H10N2O2S/c1-15(13,14)9-7-11-10(12-9)8-5-3-2-4-6-8/h2-7H,1H3,(H,11,12). The molecule has 1 aromatic heterocycles. The molecule has 0 aliphatic heterocycles. The number of hydrogen-bond acceptors (Lipinski definition) is 3. The third-order valence-electron chi connectivity index (χ3n) is 2.00. The predicted molar refractivity (Wildman–Crippen MR) is 57.1 cm³/mol. The highest BCUT2D eigenvalue weighted by molar-refractivity contribution is 7.90. The lowest BCUT2D eigenvalue weighted by molar-refractivity contribution is 0.599. The highest BCUT2D eigenvalue weighted by Crippen LogP contribution is 2.16. The zero-order valence-corrected chi connectivity index (χ0v) is 8.95. The van der Waals surface area contributed by atoms with Crippen molar-refractivity contribution >= 4 is 9.84 Å². The van der Waals surface area contributed by atoms with Crippen molar-refractivity contribution in [1.82, 2.24) is 9.97 Å². The summed E-state index contributed by atoms with van der Waals surface area (Å²) in [6, 6.07) is 9.37. The fraction of sp³-hybridized carbons (Fsp3) is 0.100. The molecule has 0 bridgehead atoms. The number of H-pyrrole nitrogens is 1. The van der Waals surface area contributed by atoms with E-state index in [9.17, 15) is 8.42 Å². The minimum atomic E-state index is -3.21. The minimum Gasteiger partial charge on any atom is -0.329 e. The second-order valence-electron chi connectivity index (χ2n) is 3.23. The Hall–Kier alpha value is -1.62. The zero-order chi connectivity index (χ0) is 10.9. The summed E-state index contributed by atoms with van der Waals surface area (Å²) < 4.78 is 22.4. The van der Waals surface area contributed by atoms with Crippen molar-refractivity contribution in [2.75, 3.05) is 6.26 Å². The molecule has 2 aromatic rings. The lowest BCUT2D eigenvalue weighted by atomic mass is 10.2. The first-order chi connectivity index (χ1) is 7.07. The average molecular weight is 222 g/mol. The zero-order valence-electron chi connectivity index (χ0n) is 8.14. The van der Waals surface area contributed by atoms with Crippen LogP contribution in [0.15, 0.2) is 41.6 Å². The maximum Gasteiger partial charge on any atom is 0.192 e. The highest BCUT2D eigenvalue weighted by Gasteiger charge is 2.11. The summed E-state index contributed by atoms with van der Waals surface area (Å²) in [5.74, 6) is 0.566. The van der Waals surface area contributed by atoms with E-state index in [-0.39, 0.29) is 5.03 Å². The summed E-state index contributed by atoms with van der Waals surface area (Å²) in [4.78, 5) is 6.79. The molecule has 1 N–H and O–H groups in total. The second kappa shape index (κ2) is 3.51. The van der Waals surface area contributed by atoms with Gasteiger partial charge in [-0.1, -0.05) is 30.3 Å². The summed E-state index contributed by atoms with van der Waals surface area (Å²) >= 11 is 0. The highest BCUT2D eigenvalue weighted by atomic mass is 32.2. The van der Waals surface area contributed by atoms with Crippen LogP contribution in [-0.4, -0.2) is 24.6 Å². The van der Waals surface area contributed by atoms with Gasteiger partial charge in [-0.2, -0.15) is 0 Å². The van der Waals surface area contributed by atoms with E-state index in [1.165, 1.54) is 6.20 Å². The van der Waals surface area contributed by atoms with Crippen LogP contribution in [0.5, 0.6) is 0 Å². The van der Waals surface area contributed by atoms with Crippen LogP contribution in [0.4, 0.5) is 0 Å². The van der Waals surface area contributed by atoms with Gasteiger partial charge in [-0.05, 0) is 0 Å². The van der Waals surface area contributed by atoms with Gasteiger partial charge in [-0.3, -0.25) is 0 Å². The molecule has 0 amide bonds.